The summed E-state index contributed by atoms with van der Waals surface area (Å²) >= 11 is 0. The van der Waals surface area contributed by atoms with Crippen LogP contribution in [0.3, 0.4) is 0 Å². The first kappa shape index (κ1) is 17.9. The van der Waals surface area contributed by atoms with E-state index >= 15 is 0 Å². The number of ether oxygens (including phenoxy) is 1. The molecule has 0 aromatic heterocycles. The molecule has 0 heterocycles. The zero-order chi connectivity index (χ0) is 15.2. The maximum absolute atomic E-state index is 5.85. The Bertz CT molecular complexity index is 270. The van der Waals surface area contributed by atoms with Crippen molar-refractivity contribution < 1.29 is 4.74 Å². The molecule has 0 radical (unpaired) electrons. The molecule has 3 nitrogen and oxygen atoms in total. The maximum atomic E-state index is 5.85. The monoisotopic (exact) mass is 284 g/mol. The van der Waals surface area contributed by atoms with Gasteiger partial charge < -0.3 is 15.0 Å². The van der Waals surface area contributed by atoms with E-state index in [1.54, 1.807) is 0 Å². The van der Waals surface area contributed by atoms with Gasteiger partial charge in [-0.05, 0) is 66.6 Å². The van der Waals surface area contributed by atoms with Crippen LogP contribution in [0.1, 0.15) is 60.3 Å². The van der Waals surface area contributed by atoms with E-state index in [-0.39, 0.29) is 0 Å². The molecule has 0 spiro atoms. The molecule has 0 bridgehead atoms. The van der Waals surface area contributed by atoms with Crippen LogP contribution in [0.4, 0.5) is 0 Å². The SMILES string of the molecule is CCOC1CC(NCCCCN(C)C(C)C)C1(C)CC. The van der Waals surface area contributed by atoms with Crippen molar-refractivity contribution in [3.8, 4) is 0 Å². The largest absolute Gasteiger partial charge is 0.378 e. The third-order valence-corrected chi connectivity index (χ3v) is 5.32. The molecular formula is C17H36N2O. The van der Waals surface area contributed by atoms with Gasteiger partial charge in [-0.1, -0.05) is 13.8 Å². The van der Waals surface area contributed by atoms with Crippen LogP contribution in [-0.4, -0.2) is 49.8 Å². The molecule has 0 saturated heterocycles. The number of nitrogens with zero attached hydrogens (tertiary/aromatic N) is 1. The Morgan fingerprint density at radius 1 is 1.30 bits per heavy atom. The minimum atomic E-state index is 0.338. The fraction of sp³-hybridized carbons (Fsp3) is 1.00. The van der Waals surface area contributed by atoms with Gasteiger partial charge in [0.25, 0.3) is 0 Å². The average molecular weight is 284 g/mol. The van der Waals surface area contributed by atoms with E-state index in [0.717, 1.165) is 13.2 Å². The number of rotatable bonds is 10. The Labute approximate surface area is 126 Å². The van der Waals surface area contributed by atoms with Crippen molar-refractivity contribution in [2.45, 2.75) is 78.5 Å². The van der Waals surface area contributed by atoms with Gasteiger partial charge in [-0.25, -0.2) is 0 Å². The standard InChI is InChI=1S/C17H36N2O/c1-7-17(5)15(13-16(17)20-8-2)18-11-9-10-12-19(6)14(3)4/h14-16,18H,7-13H2,1-6H3. The van der Waals surface area contributed by atoms with Crippen molar-refractivity contribution >= 4 is 0 Å². The molecule has 1 rings (SSSR count). The third-order valence-electron chi connectivity index (χ3n) is 5.32. The van der Waals surface area contributed by atoms with E-state index in [2.05, 4.69) is 51.9 Å². The van der Waals surface area contributed by atoms with Gasteiger partial charge >= 0.3 is 0 Å². The van der Waals surface area contributed by atoms with Crippen LogP contribution < -0.4 is 5.32 Å². The highest BCUT2D eigenvalue weighted by Gasteiger charge is 2.50. The molecule has 3 heteroatoms. The van der Waals surface area contributed by atoms with Crippen LogP contribution in [0.25, 0.3) is 0 Å². The van der Waals surface area contributed by atoms with E-state index < -0.39 is 0 Å². The van der Waals surface area contributed by atoms with E-state index in [4.69, 9.17) is 4.74 Å². The van der Waals surface area contributed by atoms with E-state index in [1.165, 1.54) is 32.2 Å². The lowest BCUT2D eigenvalue weighted by atomic mass is 9.61. The molecule has 120 valence electrons. The summed E-state index contributed by atoms with van der Waals surface area (Å²) in [5, 5.41) is 3.75. The highest BCUT2D eigenvalue weighted by Crippen LogP contribution is 2.45. The predicted molar refractivity (Wildman–Crippen MR) is 87.2 cm³/mol. The summed E-state index contributed by atoms with van der Waals surface area (Å²) in [6.45, 7) is 14.5. The van der Waals surface area contributed by atoms with Crippen LogP contribution >= 0.6 is 0 Å². The molecule has 20 heavy (non-hydrogen) atoms. The number of nitrogens with one attached hydrogen (secondary N) is 1. The summed E-state index contributed by atoms with van der Waals surface area (Å²) < 4.78 is 5.85. The third kappa shape index (κ3) is 4.44. The lowest BCUT2D eigenvalue weighted by Gasteiger charge is -2.53. The first-order valence-electron chi connectivity index (χ1n) is 8.50. The molecule has 0 aromatic carbocycles. The molecule has 1 saturated carbocycles. The van der Waals surface area contributed by atoms with Crippen molar-refractivity contribution in [1.82, 2.24) is 10.2 Å². The minimum Gasteiger partial charge on any atom is -0.378 e. The first-order chi connectivity index (χ1) is 9.45. The van der Waals surface area contributed by atoms with Gasteiger partial charge in [0.05, 0.1) is 6.10 Å². The molecule has 1 aliphatic rings. The lowest BCUT2D eigenvalue weighted by Crippen LogP contribution is -2.62. The molecule has 0 amide bonds. The van der Waals surface area contributed by atoms with Gasteiger partial charge in [-0.3, -0.25) is 0 Å². The summed E-state index contributed by atoms with van der Waals surface area (Å²) in [7, 11) is 2.21. The molecular weight excluding hydrogens is 248 g/mol. The number of hydrogen-bond donors (Lipinski definition) is 1. The van der Waals surface area contributed by atoms with Gasteiger partial charge in [-0.2, -0.15) is 0 Å². The smallest absolute Gasteiger partial charge is 0.0658 e. The Balaban J connectivity index is 2.17. The highest BCUT2D eigenvalue weighted by molar-refractivity contribution is 5.04. The number of unbranched alkanes of at least 4 members (excludes halogenated alkanes) is 1. The maximum Gasteiger partial charge on any atom is 0.0658 e. The second-order valence-corrected chi connectivity index (χ2v) is 6.83. The highest BCUT2D eigenvalue weighted by atomic mass is 16.5. The van der Waals surface area contributed by atoms with Gasteiger partial charge in [0, 0.05) is 24.1 Å². The molecule has 1 aliphatic carbocycles. The Morgan fingerprint density at radius 3 is 2.55 bits per heavy atom. The zero-order valence-electron chi connectivity index (χ0n) is 14.5. The summed E-state index contributed by atoms with van der Waals surface area (Å²) in [6.07, 6.45) is 5.40. The second-order valence-electron chi connectivity index (χ2n) is 6.83. The van der Waals surface area contributed by atoms with Crippen molar-refractivity contribution in [3.05, 3.63) is 0 Å². The Hall–Kier alpha value is -0.120. The van der Waals surface area contributed by atoms with Crippen molar-refractivity contribution in [3.63, 3.8) is 0 Å². The molecule has 3 atom stereocenters. The van der Waals surface area contributed by atoms with Crippen LogP contribution in [-0.2, 0) is 4.74 Å². The fourth-order valence-electron chi connectivity index (χ4n) is 3.09. The summed E-state index contributed by atoms with van der Waals surface area (Å²) in [6, 6.07) is 1.30. The Kier molecular flexibility index (Phi) is 7.49. The normalized spacial score (nSPS) is 30.0. The fourth-order valence-corrected chi connectivity index (χ4v) is 3.09. The average Bonchev–Trinajstić information content (AvgIpc) is 2.43. The zero-order valence-corrected chi connectivity index (χ0v) is 14.5. The van der Waals surface area contributed by atoms with Gasteiger partial charge in [0.15, 0.2) is 0 Å². The van der Waals surface area contributed by atoms with Crippen molar-refractivity contribution in [2.24, 2.45) is 5.41 Å². The lowest BCUT2D eigenvalue weighted by molar-refractivity contribution is -0.125. The number of hydrogen-bond acceptors (Lipinski definition) is 3. The Morgan fingerprint density at radius 2 is 2.00 bits per heavy atom. The predicted octanol–water partition coefficient (Wildman–Crippen LogP) is 3.29. The molecule has 0 aliphatic heterocycles. The van der Waals surface area contributed by atoms with Crippen molar-refractivity contribution in [1.29, 1.82) is 0 Å². The van der Waals surface area contributed by atoms with Gasteiger partial charge in [0.2, 0.25) is 0 Å². The summed E-state index contributed by atoms with van der Waals surface area (Å²) in [5.41, 5.74) is 0.338. The van der Waals surface area contributed by atoms with Crippen molar-refractivity contribution in [2.75, 3.05) is 26.7 Å². The minimum absolute atomic E-state index is 0.338. The van der Waals surface area contributed by atoms with Crippen LogP contribution in [0.2, 0.25) is 0 Å². The second kappa shape index (κ2) is 8.35. The van der Waals surface area contributed by atoms with E-state index in [9.17, 15) is 0 Å². The molecule has 1 fully saturated rings. The van der Waals surface area contributed by atoms with Gasteiger partial charge in [0.1, 0.15) is 0 Å². The van der Waals surface area contributed by atoms with E-state index in [1.807, 2.05) is 0 Å². The first-order valence-corrected chi connectivity index (χ1v) is 8.50. The quantitative estimate of drug-likeness (QED) is 0.623. The molecule has 0 aromatic rings. The summed E-state index contributed by atoms with van der Waals surface area (Å²) in [5.74, 6) is 0. The van der Waals surface area contributed by atoms with Crippen LogP contribution in [0.15, 0.2) is 0 Å². The molecule has 3 unspecified atom stereocenters. The summed E-state index contributed by atoms with van der Waals surface area (Å²) in [4.78, 5) is 2.42. The van der Waals surface area contributed by atoms with E-state index in [0.29, 0.717) is 23.6 Å². The van der Waals surface area contributed by atoms with Gasteiger partial charge in [-0.15, -0.1) is 0 Å². The molecule has 1 N–H and O–H groups in total. The van der Waals surface area contributed by atoms with Crippen LogP contribution in [0.5, 0.6) is 0 Å². The topological polar surface area (TPSA) is 24.5 Å². The van der Waals surface area contributed by atoms with Crippen LogP contribution in [0, 0.1) is 5.41 Å².